The van der Waals surface area contributed by atoms with E-state index in [1.807, 2.05) is 0 Å². The number of anilines is 3. The van der Waals surface area contributed by atoms with E-state index in [0.29, 0.717) is 28.2 Å². The van der Waals surface area contributed by atoms with Crippen molar-refractivity contribution < 1.29 is 23.9 Å². The fourth-order valence-electron chi connectivity index (χ4n) is 3.48. The molecule has 1 aliphatic rings. The molecular formula is C27H22ClN3O5. The second-order valence-electron chi connectivity index (χ2n) is 8.16. The maximum absolute atomic E-state index is 12.9. The minimum Gasteiger partial charge on any atom is -0.459 e. The Labute approximate surface area is 212 Å². The van der Waals surface area contributed by atoms with Crippen LogP contribution in [0.4, 0.5) is 17.1 Å². The molecular weight excluding hydrogens is 482 g/mol. The number of rotatable bonds is 7. The van der Waals surface area contributed by atoms with Crippen LogP contribution in [0.5, 0.6) is 0 Å². The normalized spacial score (nSPS) is 13.3. The van der Waals surface area contributed by atoms with Crippen molar-refractivity contribution >= 4 is 52.4 Å². The van der Waals surface area contributed by atoms with Gasteiger partial charge in [-0.25, -0.2) is 9.69 Å². The van der Waals surface area contributed by atoms with Crippen molar-refractivity contribution in [1.29, 1.82) is 0 Å². The van der Waals surface area contributed by atoms with Gasteiger partial charge in [-0.1, -0.05) is 35.9 Å². The minimum absolute atomic E-state index is 0.0769. The van der Waals surface area contributed by atoms with Crippen molar-refractivity contribution in [3.8, 4) is 0 Å². The van der Waals surface area contributed by atoms with Crippen LogP contribution in [-0.4, -0.2) is 29.8 Å². The fourth-order valence-corrected chi connectivity index (χ4v) is 3.69. The Bertz CT molecular complexity index is 1370. The zero-order valence-electron chi connectivity index (χ0n) is 19.4. The van der Waals surface area contributed by atoms with E-state index in [0.717, 1.165) is 4.90 Å². The van der Waals surface area contributed by atoms with Crippen molar-refractivity contribution in [2.45, 2.75) is 20.0 Å². The molecule has 3 aromatic rings. The summed E-state index contributed by atoms with van der Waals surface area (Å²) in [5, 5.41) is 5.38. The summed E-state index contributed by atoms with van der Waals surface area (Å²) in [6.45, 7) is 3.53. The Morgan fingerprint density at radius 2 is 1.53 bits per heavy atom. The van der Waals surface area contributed by atoms with E-state index >= 15 is 0 Å². The molecule has 36 heavy (non-hydrogen) atoms. The van der Waals surface area contributed by atoms with E-state index in [2.05, 4.69) is 10.6 Å². The number of hydrogen-bond donors (Lipinski definition) is 2. The van der Waals surface area contributed by atoms with Crippen LogP contribution in [0.15, 0.2) is 89.6 Å². The molecule has 0 saturated heterocycles. The van der Waals surface area contributed by atoms with Crippen LogP contribution < -0.4 is 15.5 Å². The van der Waals surface area contributed by atoms with Crippen molar-refractivity contribution in [2.24, 2.45) is 0 Å². The van der Waals surface area contributed by atoms with Crippen LogP contribution in [0.3, 0.4) is 0 Å². The van der Waals surface area contributed by atoms with Crippen molar-refractivity contribution in [3.63, 3.8) is 0 Å². The number of ether oxygens (including phenoxy) is 1. The summed E-state index contributed by atoms with van der Waals surface area (Å²) in [6, 6.07) is 21.2. The molecule has 0 saturated carbocycles. The maximum atomic E-state index is 12.9. The van der Waals surface area contributed by atoms with Gasteiger partial charge in [0.1, 0.15) is 10.7 Å². The first-order chi connectivity index (χ1) is 17.2. The van der Waals surface area contributed by atoms with Gasteiger partial charge in [0.05, 0.1) is 17.4 Å². The van der Waals surface area contributed by atoms with Crippen LogP contribution in [0.1, 0.15) is 34.6 Å². The van der Waals surface area contributed by atoms with Gasteiger partial charge in [0, 0.05) is 16.9 Å². The van der Waals surface area contributed by atoms with Gasteiger partial charge in [-0.3, -0.25) is 14.4 Å². The maximum Gasteiger partial charge on any atom is 0.338 e. The number of nitrogens with one attached hydrogen (secondary N) is 2. The van der Waals surface area contributed by atoms with Gasteiger partial charge < -0.3 is 15.4 Å². The third-order valence-corrected chi connectivity index (χ3v) is 5.51. The van der Waals surface area contributed by atoms with Gasteiger partial charge in [-0.05, 0) is 68.4 Å². The molecule has 8 nitrogen and oxygen atoms in total. The summed E-state index contributed by atoms with van der Waals surface area (Å²) < 4.78 is 5.15. The first-order valence-electron chi connectivity index (χ1n) is 11.1. The Morgan fingerprint density at radius 3 is 2.19 bits per heavy atom. The predicted octanol–water partition coefficient (Wildman–Crippen LogP) is 4.94. The van der Waals surface area contributed by atoms with Crippen LogP contribution >= 0.6 is 11.6 Å². The summed E-state index contributed by atoms with van der Waals surface area (Å²) in [7, 11) is 0. The molecule has 0 aromatic heterocycles. The molecule has 0 atom stereocenters. The molecule has 0 bridgehead atoms. The third kappa shape index (κ3) is 5.29. The number of benzene rings is 3. The number of esters is 1. The van der Waals surface area contributed by atoms with Crippen LogP contribution in [0, 0.1) is 0 Å². The molecule has 0 radical (unpaired) electrons. The smallest absolute Gasteiger partial charge is 0.338 e. The van der Waals surface area contributed by atoms with Gasteiger partial charge in [-0.15, -0.1) is 0 Å². The van der Waals surface area contributed by atoms with E-state index in [4.69, 9.17) is 16.3 Å². The molecule has 1 heterocycles. The quantitative estimate of drug-likeness (QED) is 0.349. The lowest BCUT2D eigenvalue weighted by Gasteiger charge is -2.15. The number of carbonyl (C=O) groups excluding carboxylic acids is 4. The van der Waals surface area contributed by atoms with Crippen LogP contribution in [0.2, 0.25) is 0 Å². The summed E-state index contributed by atoms with van der Waals surface area (Å²) in [5.41, 5.74) is 1.89. The zero-order chi connectivity index (χ0) is 25.8. The van der Waals surface area contributed by atoms with Gasteiger partial charge in [0.15, 0.2) is 0 Å². The van der Waals surface area contributed by atoms with E-state index in [-0.39, 0.29) is 16.8 Å². The van der Waals surface area contributed by atoms with Gasteiger partial charge in [0.25, 0.3) is 17.7 Å². The summed E-state index contributed by atoms with van der Waals surface area (Å²) in [6.07, 6.45) is -0.234. The minimum atomic E-state index is -0.634. The van der Waals surface area contributed by atoms with Gasteiger partial charge in [0.2, 0.25) is 0 Å². The highest BCUT2D eigenvalue weighted by molar-refractivity contribution is 6.53. The lowest BCUT2D eigenvalue weighted by atomic mass is 10.1. The van der Waals surface area contributed by atoms with Crippen LogP contribution in [-0.2, 0) is 14.3 Å². The standard InChI is InChI=1S/C27H22ClN3O5/c1-16(2)36-27(35)17-11-13-19(14-12-17)30-24(32)18-7-6-8-20(15-18)29-23-22(28)25(33)31(26(23)34)21-9-4-3-5-10-21/h3-16,29H,1-2H3,(H,30,32). The third-order valence-electron chi connectivity index (χ3n) is 5.16. The monoisotopic (exact) mass is 503 g/mol. The SMILES string of the molecule is CC(C)OC(=O)c1ccc(NC(=O)c2cccc(NC3=C(Cl)C(=O)N(c4ccccc4)C3=O)c2)cc1. The second-order valence-corrected chi connectivity index (χ2v) is 8.54. The van der Waals surface area contributed by atoms with Crippen molar-refractivity contribution in [3.05, 3.63) is 101 Å². The molecule has 2 N–H and O–H groups in total. The number of carbonyl (C=O) groups is 4. The summed E-state index contributed by atoms with van der Waals surface area (Å²) in [5.74, 6) is -2.08. The molecule has 0 unspecified atom stereocenters. The Kier molecular flexibility index (Phi) is 7.17. The zero-order valence-corrected chi connectivity index (χ0v) is 20.2. The fraction of sp³-hybridized carbons (Fsp3) is 0.111. The molecule has 0 spiro atoms. The second kappa shape index (κ2) is 10.5. The number of amides is 3. The lowest BCUT2D eigenvalue weighted by Crippen LogP contribution is -2.32. The first kappa shape index (κ1) is 24.7. The van der Waals surface area contributed by atoms with Crippen molar-refractivity contribution in [2.75, 3.05) is 15.5 Å². The predicted molar refractivity (Wildman–Crippen MR) is 137 cm³/mol. The van der Waals surface area contributed by atoms with Gasteiger partial charge in [-0.2, -0.15) is 0 Å². The number of halogens is 1. The number of nitrogens with zero attached hydrogens (tertiary/aromatic N) is 1. The summed E-state index contributed by atoms with van der Waals surface area (Å²) >= 11 is 6.18. The lowest BCUT2D eigenvalue weighted by molar-refractivity contribution is -0.120. The average Bonchev–Trinajstić information content (AvgIpc) is 3.07. The van der Waals surface area contributed by atoms with E-state index in [1.165, 1.54) is 6.07 Å². The van der Waals surface area contributed by atoms with E-state index < -0.39 is 23.7 Å². The molecule has 0 fully saturated rings. The molecule has 3 amide bonds. The highest BCUT2D eigenvalue weighted by Crippen LogP contribution is 2.30. The first-order valence-corrected chi connectivity index (χ1v) is 11.5. The molecule has 182 valence electrons. The Morgan fingerprint density at radius 1 is 0.833 bits per heavy atom. The molecule has 9 heteroatoms. The number of para-hydroxylation sites is 1. The number of imide groups is 1. The molecule has 3 aromatic carbocycles. The average molecular weight is 504 g/mol. The Balaban J connectivity index is 1.46. The molecule has 4 rings (SSSR count). The van der Waals surface area contributed by atoms with Gasteiger partial charge >= 0.3 is 5.97 Å². The summed E-state index contributed by atoms with van der Waals surface area (Å²) in [4.78, 5) is 51.3. The molecule has 0 aliphatic carbocycles. The largest absolute Gasteiger partial charge is 0.459 e. The van der Waals surface area contributed by atoms with Crippen LogP contribution in [0.25, 0.3) is 0 Å². The van der Waals surface area contributed by atoms with E-state index in [9.17, 15) is 19.2 Å². The highest BCUT2D eigenvalue weighted by atomic mass is 35.5. The van der Waals surface area contributed by atoms with Crippen molar-refractivity contribution in [1.82, 2.24) is 0 Å². The highest BCUT2D eigenvalue weighted by Gasteiger charge is 2.38. The number of hydrogen-bond acceptors (Lipinski definition) is 6. The topological polar surface area (TPSA) is 105 Å². The molecule has 1 aliphatic heterocycles. The van der Waals surface area contributed by atoms with E-state index in [1.54, 1.807) is 86.6 Å². The Hall–Kier alpha value is -4.43.